The number of aromatic nitrogens is 1. The van der Waals surface area contributed by atoms with Crippen molar-refractivity contribution < 1.29 is 9.47 Å². The van der Waals surface area contributed by atoms with Crippen molar-refractivity contribution in [2.75, 3.05) is 14.2 Å². The summed E-state index contributed by atoms with van der Waals surface area (Å²) in [6.45, 7) is 0.736. The maximum atomic E-state index is 6.30. The summed E-state index contributed by atoms with van der Waals surface area (Å²) in [4.78, 5) is 5.79. The number of hydrogen-bond acceptors (Lipinski definition) is 4. The van der Waals surface area contributed by atoms with Gasteiger partial charge in [0, 0.05) is 17.5 Å². The van der Waals surface area contributed by atoms with Crippen LogP contribution in [0.4, 0.5) is 5.69 Å². The van der Waals surface area contributed by atoms with Crippen LogP contribution in [0.2, 0.25) is 10.0 Å². The van der Waals surface area contributed by atoms with Gasteiger partial charge in [-0.15, -0.1) is 28.3 Å². The highest BCUT2D eigenvalue weighted by molar-refractivity contribution is 8.93. The predicted molar refractivity (Wildman–Crippen MR) is 143 cm³/mol. The Bertz CT molecular complexity index is 1290. The highest BCUT2D eigenvalue weighted by atomic mass is 79.9. The molecule has 1 aromatic heterocycles. The Balaban J connectivity index is 0.00000306. The second-order valence-electron chi connectivity index (χ2n) is 7.07. The maximum absolute atomic E-state index is 6.30. The van der Waals surface area contributed by atoms with Gasteiger partial charge in [-0.05, 0) is 48.4 Å². The fourth-order valence-corrected chi connectivity index (χ4v) is 4.66. The Morgan fingerprint density at radius 3 is 2.33 bits per heavy atom. The van der Waals surface area contributed by atoms with Gasteiger partial charge in [0.1, 0.15) is 0 Å². The molecule has 4 nitrogen and oxygen atoms in total. The second kappa shape index (κ2) is 11.7. The molecule has 0 radical (unpaired) electrons. The van der Waals surface area contributed by atoms with Crippen molar-refractivity contribution >= 4 is 57.2 Å². The molecule has 0 bridgehead atoms. The number of rotatable bonds is 7. The average molecular weight is 566 g/mol. The minimum atomic E-state index is 0. The zero-order chi connectivity index (χ0) is 22.5. The molecular formula is C25H23BrCl2N2O2S. The van der Waals surface area contributed by atoms with Crippen LogP contribution >= 0.6 is 51.5 Å². The molecule has 0 aliphatic heterocycles. The van der Waals surface area contributed by atoms with Gasteiger partial charge in [0.05, 0.1) is 35.6 Å². The quantitative estimate of drug-likeness (QED) is 0.231. The first kappa shape index (κ1) is 25.4. The highest BCUT2D eigenvalue weighted by Crippen LogP contribution is 2.30. The Kier molecular flexibility index (Phi) is 9.03. The summed E-state index contributed by atoms with van der Waals surface area (Å²) >= 11 is 14.0. The van der Waals surface area contributed by atoms with E-state index in [-0.39, 0.29) is 17.0 Å². The molecule has 33 heavy (non-hydrogen) atoms. The summed E-state index contributed by atoms with van der Waals surface area (Å²) in [6.07, 6.45) is 0.799. The predicted octanol–water partition coefficient (Wildman–Crippen LogP) is 7.59. The zero-order valence-corrected chi connectivity index (χ0v) is 22.2. The maximum Gasteiger partial charge on any atom is 0.190 e. The normalized spacial score (nSPS) is 11.2. The van der Waals surface area contributed by atoms with Gasteiger partial charge in [0.15, 0.2) is 16.3 Å². The van der Waals surface area contributed by atoms with Crippen LogP contribution in [0.25, 0.3) is 11.3 Å². The fourth-order valence-electron chi connectivity index (χ4n) is 3.41. The van der Waals surface area contributed by atoms with Crippen LogP contribution in [-0.4, -0.2) is 18.8 Å². The first-order valence-electron chi connectivity index (χ1n) is 10.0. The van der Waals surface area contributed by atoms with Crippen LogP contribution in [0, 0.1) is 0 Å². The molecule has 0 fully saturated rings. The lowest BCUT2D eigenvalue weighted by atomic mass is 10.1. The minimum absolute atomic E-state index is 0. The number of ether oxygens (including phenoxy) is 2. The standard InChI is InChI=1S/C25H22Cl2N2O2S.BrH/c1-30-23-11-8-17(14-24(23)31-2)12-13-29-22(18-9-10-20(26)21(27)15-18)16-32-25(29)28-19-6-4-3-5-7-19;/h3-11,14-16H,12-13H2,1-2H3;1H. The Labute approximate surface area is 217 Å². The van der Waals surface area contributed by atoms with Crippen LogP contribution in [0.3, 0.4) is 0 Å². The molecule has 172 valence electrons. The number of nitrogens with zero attached hydrogens (tertiary/aromatic N) is 2. The van der Waals surface area contributed by atoms with Crippen LogP contribution in [0.1, 0.15) is 5.56 Å². The fraction of sp³-hybridized carbons (Fsp3) is 0.160. The summed E-state index contributed by atoms with van der Waals surface area (Å²) in [5.74, 6) is 1.44. The van der Waals surface area contributed by atoms with Gasteiger partial charge < -0.3 is 14.0 Å². The van der Waals surface area contributed by atoms with Gasteiger partial charge >= 0.3 is 0 Å². The monoisotopic (exact) mass is 564 g/mol. The summed E-state index contributed by atoms with van der Waals surface area (Å²) in [7, 11) is 3.29. The molecule has 0 spiro atoms. The topological polar surface area (TPSA) is 35.8 Å². The number of thiazole rings is 1. The van der Waals surface area contributed by atoms with Crippen molar-refractivity contribution in [3.8, 4) is 22.8 Å². The number of methoxy groups -OCH3 is 2. The third kappa shape index (κ3) is 6.01. The molecule has 0 saturated carbocycles. The molecule has 0 saturated heterocycles. The third-order valence-electron chi connectivity index (χ3n) is 5.07. The van der Waals surface area contributed by atoms with Crippen LogP contribution in [0.15, 0.2) is 77.1 Å². The first-order valence-corrected chi connectivity index (χ1v) is 11.7. The molecule has 3 aromatic carbocycles. The highest BCUT2D eigenvalue weighted by Gasteiger charge is 2.11. The number of aryl methyl sites for hydroxylation is 1. The van der Waals surface area contributed by atoms with E-state index in [1.807, 2.05) is 60.7 Å². The Hall–Kier alpha value is -2.25. The number of benzene rings is 3. The van der Waals surface area contributed by atoms with Crippen LogP contribution in [-0.2, 0) is 13.0 Å². The lowest BCUT2D eigenvalue weighted by Gasteiger charge is -2.12. The van der Waals surface area contributed by atoms with E-state index in [1.54, 1.807) is 25.6 Å². The molecule has 0 unspecified atom stereocenters. The van der Waals surface area contributed by atoms with E-state index in [9.17, 15) is 0 Å². The molecule has 0 atom stereocenters. The van der Waals surface area contributed by atoms with Crippen molar-refractivity contribution in [1.29, 1.82) is 0 Å². The lowest BCUT2D eigenvalue weighted by molar-refractivity contribution is 0.354. The molecule has 1 heterocycles. The van der Waals surface area contributed by atoms with E-state index in [0.717, 1.165) is 51.8 Å². The van der Waals surface area contributed by atoms with E-state index < -0.39 is 0 Å². The molecule has 0 amide bonds. The SMILES string of the molecule is Br.COc1ccc(CCn2c(-c3ccc(Cl)c(Cl)c3)csc2=Nc2ccccc2)cc1OC. The molecule has 0 N–H and O–H groups in total. The molecule has 4 rings (SSSR count). The molecule has 0 aliphatic carbocycles. The summed E-state index contributed by atoms with van der Waals surface area (Å²) in [5.41, 5.74) is 4.10. The van der Waals surface area contributed by atoms with Crippen LogP contribution < -0.4 is 14.3 Å². The third-order valence-corrected chi connectivity index (χ3v) is 6.67. The number of halogens is 3. The first-order chi connectivity index (χ1) is 15.6. The summed E-state index contributed by atoms with van der Waals surface area (Å²) in [6, 6.07) is 21.7. The van der Waals surface area contributed by atoms with Crippen molar-refractivity contribution in [2.45, 2.75) is 13.0 Å². The van der Waals surface area contributed by atoms with Gasteiger partial charge in [-0.2, -0.15) is 0 Å². The van der Waals surface area contributed by atoms with E-state index in [4.69, 9.17) is 37.7 Å². The second-order valence-corrected chi connectivity index (χ2v) is 8.72. The van der Waals surface area contributed by atoms with Crippen molar-refractivity contribution in [1.82, 2.24) is 4.57 Å². The van der Waals surface area contributed by atoms with Gasteiger partial charge in [-0.25, -0.2) is 4.99 Å². The van der Waals surface area contributed by atoms with E-state index in [1.165, 1.54) is 0 Å². The Morgan fingerprint density at radius 1 is 0.879 bits per heavy atom. The minimum Gasteiger partial charge on any atom is -0.493 e. The van der Waals surface area contributed by atoms with E-state index in [0.29, 0.717) is 10.0 Å². The van der Waals surface area contributed by atoms with E-state index >= 15 is 0 Å². The zero-order valence-electron chi connectivity index (χ0n) is 18.1. The Morgan fingerprint density at radius 2 is 1.64 bits per heavy atom. The number of para-hydroxylation sites is 1. The molecule has 0 aliphatic rings. The largest absolute Gasteiger partial charge is 0.493 e. The van der Waals surface area contributed by atoms with E-state index in [2.05, 4.69) is 16.0 Å². The van der Waals surface area contributed by atoms with Crippen molar-refractivity contribution in [3.63, 3.8) is 0 Å². The summed E-state index contributed by atoms with van der Waals surface area (Å²) in [5, 5.41) is 3.18. The molecular weight excluding hydrogens is 543 g/mol. The van der Waals surface area contributed by atoms with Gasteiger partial charge in [0.25, 0.3) is 0 Å². The molecule has 8 heteroatoms. The average Bonchev–Trinajstić information content (AvgIpc) is 3.22. The van der Waals surface area contributed by atoms with Crippen molar-refractivity contribution in [3.05, 3.63) is 92.5 Å². The van der Waals surface area contributed by atoms with Crippen molar-refractivity contribution in [2.24, 2.45) is 4.99 Å². The molecule has 4 aromatic rings. The van der Waals surface area contributed by atoms with Crippen LogP contribution in [0.5, 0.6) is 11.5 Å². The van der Waals surface area contributed by atoms with Gasteiger partial charge in [-0.1, -0.05) is 53.5 Å². The summed E-state index contributed by atoms with van der Waals surface area (Å²) < 4.78 is 13.0. The van der Waals surface area contributed by atoms with Gasteiger partial charge in [0.2, 0.25) is 0 Å². The lowest BCUT2D eigenvalue weighted by Crippen LogP contribution is -2.17. The number of hydrogen-bond donors (Lipinski definition) is 0. The smallest absolute Gasteiger partial charge is 0.190 e. The van der Waals surface area contributed by atoms with Gasteiger partial charge in [-0.3, -0.25) is 0 Å².